The molecule has 1 aliphatic carbocycles. The Labute approximate surface area is 114 Å². The van der Waals surface area contributed by atoms with Crippen LogP contribution in [0.2, 0.25) is 0 Å². The fraction of sp³-hybridized carbons (Fsp3) is 0.714. The van der Waals surface area contributed by atoms with E-state index in [1.165, 1.54) is 20.0 Å². The van der Waals surface area contributed by atoms with Crippen LogP contribution in [0.25, 0.3) is 0 Å². The summed E-state index contributed by atoms with van der Waals surface area (Å²) < 4.78 is 6.99. The third-order valence-electron chi connectivity index (χ3n) is 3.64. The van der Waals surface area contributed by atoms with E-state index in [0.717, 1.165) is 25.8 Å². The van der Waals surface area contributed by atoms with Gasteiger partial charge in [0.1, 0.15) is 5.54 Å². The van der Waals surface area contributed by atoms with E-state index in [1.54, 1.807) is 6.20 Å². The number of nitrogens with zero attached hydrogens (tertiary/aromatic N) is 2. The van der Waals surface area contributed by atoms with Gasteiger partial charge in [0.2, 0.25) is 0 Å². The van der Waals surface area contributed by atoms with Gasteiger partial charge in [-0.05, 0) is 39.0 Å². The fourth-order valence-electron chi connectivity index (χ4n) is 2.33. The molecule has 1 aromatic rings. The highest BCUT2D eigenvalue weighted by atomic mass is 16.5. The normalized spacial score (nSPS) is 18.0. The smallest absolute Gasteiger partial charge is 0.325 e. The van der Waals surface area contributed by atoms with Crippen LogP contribution in [0, 0.1) is 0 Å². The van der Waals surface area contributed by atoms with Crippen LogP contribution in [0.4, 0.5) is 0 Å². The first-order valence-electron chi connectivity index (χ1n) is 6.96. The highest BCUT2D eigenvalue weighted by molar-refractivity contribution is 5.80. The van der Waals surface area contributed by atoms with Crippen molar-refractivity contribution in [1.82, 2.24) is 14.9 Å². The Bertz CT molecular complexity index is 401. The van der Waals surface area contributed by atoms with Crippen molar-refractivity contribution < 1.29 is 9.53 Å². The van der Waals surface area contributed by atoms with Crippen LogP contribution in [0.3, 0.4) is 0 Å². The first-order valence-corrected chi connectivity index (χ1v) is 6.96. The van der Waals surface area contributed by atoms with Gasteiger partial charge < -0.3 is 9.30 Å². The number of hydrogen-bond donors (Lipinski definition) is 1. The molecular formula is C14H23N3O2. The molecule has 1 atom stereocenters. The molecule has 19 heavy (non-hydrogen) atoms. The summed E-state index contributed by atoms with van der Waals surface area (Å²) in [4.78, 5) is 15.9. The van der Waals surface area contributed by atoms with Gasteiger partial charge in [-0.3, -0.25) is 10.1 Å². The van der Waals surface area contributed by atoms with Gasteiger partial charge in [-0.1, -0.05) is 0 Å². The SMILES string of the molecule is COC(=O)C(C)(CCCCn1ccnc1)NC1CC1. The molecule has 0 saturated heterocycles. The molecule has 5 nitrogen and oxygen atoms in total. The fourth-order valence-corrected chi connectivity index (χ4v) is 2.33. The molecule has 0 radical (unpaired) electrons. The predicted molar refractivity (Wildman–Crippen MR) is 72.7 cm³/mol. The first kappa shape index (κ1) is 14.1. The van der Waals surface area contributed by atoms with Gasteiger partial charge in [-0.2, -0.15) is 0 Å². The largest absolute Gasteiger partial charge is 0.468 e. The van der Waals surface area contributed by atoms with Crippen molar-refractivity contribution in [2.24, 2.45) is 0 Å². The van der Waals surface area contributed by atoms with Crippen LogP contribution < -0.4 is 5.32 Å². The van der Waals surface area contributed by atoms with Crippen LogP contribution in [0.1, 0.15) is 39.0 Å². The maximum Gasteiger partial charge on any atom is 0.325 e. The van der Waals surface area contributed by atoms with E-state index >= 15 is 0 Å². The van der Waals surface area contributed by atoms with Gasteiger partial charge >= 0.3 is 5.97 Å². The van der Waals surface area contributed by atoms with E-state index in [-0.39, 0.29) is 5.97 Å². The summed E-state index contributed by atoms with van der Waals surface area (Å²) in [5.41, 5.74) is -0.537. The minimum atomic E-state index is -0.537. The summed E-state index contributed by atoms with van der Waals surface area (Å²) in [6.07, 6.45) is 10.7. The quantitative estimate of drug-likeness (QED) is 0.574. The average molecular weight is 265 g/mol. The van der Waals surface area contributed by atoms with Crippen molar-refractivity contribution in [2.75, 3.05) is 7.11 Å². The molecular weight excluding hydrogens is 242 g/mol. The number of rotatable bonds is 8. The number of hydrogen-bond acceptors (Lipinski definition) is 4. The molecule has 1 N–H and O–H groups in total. The van der Waals surface area contributed by atoms with E-state index in [0.29, 0.717) is 6.04 Å². The molecule has 1 aliphatic rings. The Morgan fingerprint density at radius 3 is 2.89 bits per heavy atom. The molecule has 1 unspecified atom stereocenters. The summed E-state index contributed by atoms with van der Waals surface area (Å²) in [6.45, 7) is 2.90. The van der Waals surface area contributed by atoms with Crippen LogP contribution in [-0.4, -0.2) is 34.2 Å². The van der Waals surface area contributed by atoms with Crippen molar-refractivity contribution in [1.29, 1.82) is 0 Å². The molecule has 1 heterocycles. The van der Waals surface area contributed by atoms with Gasteiger partial charge in [0.05, 0.1) is 13.4 Å². The second-order valence-corrected chi connectivity index (χ2v) is 5.50. The monoisotopic (exact) mass is 265 g/mol. The number of nitrogens with one attached hydrogen (secondary N) is 1. The summed E-state index contributed by atoms with van der Waals surface area (Å²) >= 11 is 0. The summed E-state index contributed by atoms with van der Waals surface area (Å²) in [6, 6.07) is 0.498. The molecule has 2 rings (SSSR count). The van der Waals surface area contributed by atoms with Crippen molar-refractivity contribution in [2.45, 2.75) is 57.2 Å². The number of aromatic nitrogens is 2. The first-order chi connectivity index (χ1) is 9.14. The van der Waals surface area contributed by atoms with Crippen molar-refractivity contribution in [3.63, 3.8) is 0 Å². The Balaban J connectivity index is 1.77. The molecule has 0 aromatic carbocycles. The molecule has 0 bridgehead atoms. The van der Waals surface area contributed by atoms with E-state index in [9.17, 15) is 4.79 Å². The highest BCUT2D eigenvalue weighted by Crippen LogP contribution is 2.26. The summed E-state index contributed by atoms with van der Waals surface area (Å²) in [5, 5.41) is 3.42. The summed E-state index contributed by atoms with van der Waals surface area (Å²) in [5.74, 6) is -0.151. The van der Waals surface area contributed by atoms with Gasteiger partial charge in [-0.25, -0.2) is 4.98 Å². The Morgan fingerprint density at radius 2 is 2.32 bits per heavy atom. The van der Waals surface area contributed by atoms with Gasteiger partial charge in [0, 0.05) is 25.0 Å². The molecule has 106 valence electrons. The zero-order chi connectivity index (χ0) is 13.7. The lowest BCUT2D eigenvalue weighted by Gasteiger charge is -2.28. The molecule has 0 aliphatic heterocycles. The van der Waals surface area contributed by atoms with E-state index < -0.39 is 5.54 Å². The average Bonchev–Trinajstić information content (AvgIpc) is 3.06. The van der Waals surface area contributed by atoms with Crippen LogP contribution >= 0.6 is 0 Å². The number of imidazole rings is 1. The maximum atomic E-state index is 11.9. The Morgan fingerprint density at radius 1 is 1.53 bits per heavy atom. The number of methoxy groups -OCH3 is 1. The molecule has 0 amide bonds. The van der Waals surface area contributed by atoms with Crippen molar-refractivity contribution >= 4 is 5.97 Å². The number of unbranched alkanes of at least 4 members (excludes halogenated alkanes) is 1. The third kappa shape index (κ3) is 4.06. The number of carbonyl (C=O) groups is 1. The van der Waals surface area contributed by atoms with Crippen LogP contribution in [0.15, 0.2) is 18.7 Å². The number of esters is 1. The highest BCUT2D eigenvalue weighted by Gasteiger charge is 2.38. The Hall–Kier alpha value is -1.36. The second kappa shape index (κ2) is 6.19. The number of aryl methyl sites for hydroxylation is 1. The predicted octanol–water partition coefficient (Wildman–Crippen LogP) is 1.74. The third-order valence-corrected chi connectivity index (χ3v) is 3.64. The lowest BCUT2D eigenvalue weighted by Crippen LogP contribution is -2.51. The lowest BCUT2D eigenvalue weighted by atomic mass is 9.94. The Kier molecular flexibility index (Phi) is 4.58. The number of ether oxygens (including phenoxy) is 1. The lowest BCUT2D eigenvalue weighted by molar-refractivity contribution is -0.148. The molecule has 5 heteroatoms. The second-order valence-electron chi connectivity index (χ2n) is 5.50. The van der Waals surface area contributed by atoms with Crippen LogP contribution in [0.5, 0.6) is 0 Å². The molecule has 1 fully saturated rings. The molecule has 1 saturated carbocycles. The van der Waals surface area contributed by atoms with Crippen LogP contribution in [-0.2, 0) is 16.1 Å². The zero-order valence-electron chi connectivity index (χ0n) is 11.8. The van der Waals surface area contributed by atoms with E-state index in [1.807, 2.05) is 19.4 Å². The minimum absolute atomic E-state index is 0.151. The van der Waals surface area contributed by atoms with Gasteiger partial charge in [0.25, 0.3) is 0 Å². The molecule has 1 aromatic heterocycles. The minimum Gasteiger partial charge on any atom is -0.468 e. The van der Waals surface area contributed by atoms with E-state index in [4.69, 9.17) is 4.74 Å². The summed E-state index contributed by atoms with van der Waals surface area (Å²) in [7, 11) is 1.46. The number of carbonyl (C=O) groups excluding carboxylic acids is 1. The zero-order valence-corrected chi connectivity index (χ0v) is 11.8. The van der Waals surface area contributed by atoms with E-state index in [2.05, 4.69) is 14.9 Å². The van der Waals surface area contributed by atoms with Crippen molar-refractivity contribution in [3.05, 3.63) is 18.7 Å². The van der Waals surface area contributed by atoms with Gasteiger partial charge in [0.15, 0.2) is 0 Å². The molecule has 0 spiro atoms. The van der Waals surface area contributed by atoms with Gasteiger partial charge in [-0.15, -0.1) is 0 Å². The topological polar surface area (TPSA) is 56.2 Å². The van der Waals surface area contributed by atoms with Crippen molar-refractivity contribution in [3.8, 4) is 0 Å². The standard InChI is InChI=1S/C14H23N3O2/c1-14(13(18)19-2,16-12-5-6-12)7-3-4-9-17-10-8-15-11-17/h8,10-12,16H,3-7,9H2,1-2H3. The maximum absolute atomic E-state index is 11.9.